The van der Waals surface area contributed by atoms with Crippen molar-refractivity contribution < 1.29 is 9.53 Å². The number of thioether (sulfide) groups is 1. The van der Waals surface area contributed by atoms with E-state index in [1.807, 2.05) is 53.4 Å². The Balaban J connectivity index is 1.43. The second-order valence-electron chi connectivity index (χ2n) is 6.51. The van der Waals surface area contributed by atoms with E-state index < -0.39 is 0 Å². The van der Waals surface area contributed by atoms with E-state index in [1.54, 1.807) is 11.8 Å². The van der Waals surface area contributed by atoms with Crippen molar-refractivity contribution in [2.45, 2.75) is 18.5 Å². The summed E-state index contributed by atoms with van der Waals surface area (Å²) in [5.41, 5.74) is 3.43. The van der Waals surface area contributed by atoms with Gasteiger partial charge in [0.05, 0.1) is 5.75 Å². The molecular weight excluding hydrogens is 354 g/mol. The van der Waals surface area contributed by atoms with E-state index in [-0.39, 0.29) is 11.3 Å². The number of ether oxygens (including phenoxy) is 1. The topological polar surface area (TPSA) is 29.5 Å². The summed E-state index contributed by atoms with van der Waals surface area (Å²) < 4.78 is 5.87. The van der Waals surface area contributed by atoms with Gasteiger partial charge in [-0.1, -0.05) is 72.8 Å². The van der Waals surface area contributed by atoms with Gasteiger partial charge in [-0.3, -0.25) is 4.79 Å². The van der Waals surface area contributed by atoms with Gasteiger partial charge >= 0.3 is 0 Å². The van der Waals surface area contributed by atoms with Gasteiger partial charge in [-0.05, 0) is 28.8 Å². The summed E-state index contributed by atoms with van der Waals surface area (Å²) in [6.45, 7) is 1.20. The van der Waals surface area contributed by atoms with Crippen LogP contribution >= 0.6 is 11.8 Å². The van der Waals surface area contributed by atoms with Crippen molar-refractivity contribution in [3.8, 4) is 5.75 Å². The maximum Gasteiger partial charge on any atom is 0.234 e. The van der Waals surface area contributed by atoms with Gasteiger partial charge in [-0.2, -0.15) is 0 Å². The van der Waals surface area contributed by atoms with Crippen LogP contribution in [0.15, 0.2) is 84.9 Å². The first-order valence-electron chi connectivity index (χ1n) is 9.01. The number of carbonyl (C=O) groups excluding carboxylic acids is 1. The molecule has 1 atom stereocenters. The Bertz CT molecular complexity index is 881. The Hall–Kier alpha value is -2.72. The van der Waals surface area contributed by atoms with Crippen molar-refractivity contribution >= 4 is 17.7 Å². The number of carbonyl (C=O) groups is 1. The Kier molecular flexibility index (Phi) is 5.45. The maximum absolute atomic E-state index is 12.4. The highest BCUT2D eigenvalue weighted by atomic mass is 32.2. The van der Waals surface area contributed by atoms with Crippen molar-refractivity contribution in [1.82, 2.24) is 4.90 Å². The van der Waals surface area contributed by atoms with Gasteiger partial charge < -0.3 is 9.64 Å². The molecule has 1 aliphatic heterocycles. The fraction of sp³-hybridized carbons (Fsp3) is 0.174. The average molecular weight is 375 g/mol. The van der Waals surface area contributed by atoms with Crippen molar-refractivity contribution in [1.29, 1.82) is 0 Å². The van der Waals surface area contributed by atoms with Crippen LogP contribution in [0.3, 0.4) is 0 Å². The normalized spacial score (nSPS) is 16.5. The number of amides is 1. The lowest BCUT2D eigenvalue weighted by molar-refractivity contribution is -0.128. The first-order valence-corrected chi connectivity index (χ1v) is 10.1. The Morgan fingerprint density at radius 3 is 2.15 bits per heavy atom. The van der Waals surface area contributed by atoms with Crippen LogP contribution in [0, 0.1) is 0 Å². The van der Waals surface area contributed by atoms with Crippen LogP contribution in [0.1, 0.15) is 22.1 Å². The van der Waals surface area contributed by atoms with Gasteiger partial charge in [0, 0.05) is 6.54 Å². The second-order valence-corrected chi connectivity index (χ2v) is 7.58. The Labute approximate surface area is 164 Å². The lowest BCUT2D eigenvalue weighted by atomic mass is 10.1. The van der Waals surface area contributed by atoms with Gasteiger partial charge in [-0.25, -0.2) is 0 Å². The van der Waals surface area contributed by atoms with Crippen LogP contribution < -0.4 is 4.74 Å². The molecule has 3 aromatic carbocycles. The highest BCUT2D eigenvalue weighted by Crippen LogP contribution is 2.40. The Morgan fingerprint density at radius 1 is 0.852 bits per heavy atom. The zero-order valence-electron chi connectivity index (χ0n) is 15.0. The molecule has 0 aliphatic carbocycles. The van der Waals surface area contributed by atoms with Crippen LogP contribution in [0.4, 0.5) is 0 Å². The van der Waals surface area contributed by atoms with E-state index in [2.05, 4.69) is 36.4 Å². The minimum atomic E-state index is 0.0564. The number of rotatable bonds is 6. The molecule has 1 fully saturated rings. The molecule has 1 unspecified atom stereocenters. The largest absolute Gasteiger partial charge is 0.489 e. The first-order chi connectivity index (χ1) is 13.3. The molecular formula is C23H21NO2S. The monoisotopic (exact) mass is 375 g/mol. The molecule has 0 radical (unpaired) electrons. The van der Waals surface area contributed by atoms with Gasteiger partial charge in [0.15, 0.2) is 0 Å². The molecule has 0 bridgehead atoms. The molecule has 4 heteroatoms. The zero-order valence-corrected chi connectivity index (χ0v) is 15.8. The fourth-order valence-corrected chi connectivity index (χ4v) is 4.34. The van der Waals surface area contributed by atoms with E-state index in [1.165, 1.54) is 0 Å². The number of hydrogen-bond acceptors (Lipinski definition) is 3. The standard InChI is InChI=1S/C23H21NO2S/c25-22-17-27-23(24(22)15-18-7-3-1-4-8-18)20-11-13-21(14-12-20)26-16-19-9-5-2-6-10-19/h1-14,23H,15-17H2. The number of benzene rings is 3. The van der Waals surface area contributed by atoms with E-state index in [0.717, 1.165) is 22.4 Å². The SMILES string of the molecule is O=C1CSC(c2ccc(OCc3ccccc3)cc2)N1Cc1ccccc1. The maximum atomic E-state index is 12.4. The predicted molar refractivity (Wildman–Crippen MR) is 109 cm³/mol. The highest BCUT2D eigenvalue weighted by molar-refractivity contribution is 8.00. The summed E-state index contributed by atoms with van der Waals surface area (Å²) in [6.07, 6.45) is 0. The van der Waals surface area contributed by atoms with Gasteiger partial charge in [0.2, 0.25) is 5.91 Å². The van der Waals surface area contributed by atoms with E-state index in [4.69, 9.17) is 4.74 Å². The van der Waals surface area contributed by atoms with Crippen molar-refractivity contribution in [2.75, 3.05) is 5.75 Å². The van der Waals surface area contributed by atoms with Crippen molar-refractivity contribution in [2.24, 2.45) is 0 Å². The molecule has 3 aromatic rings. The molecule has 0 aromatic heterocycles. The van der Waals surface area contributed by atoms with E-state index in [9.17, 15) is 4.79 Å². The molecule has 27 heavy (non-hydrogen) atoms. The molecule has 0 N–H and O–H groups in total. The Morgan fingerprint density at radius 2 is 1.48 bits per heavy atom. The summed E-state index contributed by atoms with van der Waals surface area (Å²) in [5, 5.41) is 0.0564. The average Bonchev–Trinajstić information content (AvgIpc) is 3.09. The smallest absolute Gasteiger partial charge is 0.234 e. The molecule has 3 nitrogen and oxygen atoms in total. The molecule has 136 valence electrons. The van der Waals surface area contributed by atoms with Crippen LogP contribution in [-0.2, 0) is 17.9 Å². The lowest BCUT2D eigenvalue weighted by Crippen LogP contribution is -2.27. The number of nitrogens with zero attached hydrogens (tertiary/aromatic N) is 1. The first kappa shape index (κ1) is 17.7. The van der Waals surface area contributed by atoms with Crippen molar-refractivity contribution in [3.05, 3.63) is 102 Å². The van der Waals surface area contributed by atoms with Gasteiger partial charge in [0.25, 0.3) is 0 Å². The minimum absolute atomic E-state index is 0.0564. The third-order valence-electron chi connectivity index (χ3n) is 4.58. The van der Waals surface area contributed by atoms with Crippen LogP contribution in [0.5, 0.6) is 5.75 Å². The zero-order chi connectivity index (χ0) is 18.5. The summed E-state index contributed by atoms with van der Waals surface area (Å²) in [6, 6.07) is 28.4. The molecule has 4 rings (SSSR count). The molecule has 0 spiro atoms. The van der Waals surface area contributed by atoms with Crippen molar-refractivity contribution in [3.63, 3.8) is 0 Å². The lowest BCUT2D eigenvalue weighted by Gasteiger charge is -2.24. The summed E-state index contributed by atoms with van der Waals surface area (Å²) in [7, 11) is 0. The number of hydrogen-bond donors (Lipinski definition) is 0. The quantitative estimate of drug-likeness (QED) is 0.604. The second kappa shape index (κ2) is 8.31. The minimum Gasteiger partial charge on any atom is -0.489 e. The third kappa shape index (κ3) is 4.34. The molecule has 1 saturated heterocycles. The van der Waals surface area contributed by atoms with E-state index in [0.29, 0.717) is 18.9 Å². The predicted octanol–water partition coefficient (Wildman–Crippen LogP) is 5.04. The van der Waals surface area contributed by atoms with Crippen LogP contribution in [0.25, 0.3) is 0 Å². The summed E-state index contributed by atoms with van der Waals surface area (Å²) >= 11 is 1.68. The van der Waals surface area contributed by atoms with Gasteiger partial charge in [-0.15, -0.1) is 11.8 Å². The summed E-state index contributed by atoms with van der Waals surface area (Å²) in [5.74, 6) is 1.56. The summed E-state index contributed by atoms with van der Waals surface area (Å²) in [4.78, 5) is 14.3. The third-order valence-corrected chi connectivity index (χ3v) is 5.83. The van der Waals surface area contributed by atoms with E-state index >= 15 is 0 Å². The van der Waals surface area contributed by atoms with Crippen LogP contribution in [-0.4, -0.2) is 16.6 Å². The fourth-order valence-electron chi connectivity index (χ4n) is 3.15. The highest BCUT2D eigenvalue weighted by Gasteiger charge is 2.32. The molecule has 1 heterocycles. The molecule has 1 amide bonds. The molecule has 0 saturated carbocycles. The molecule has 1 aliphatic rings. The van der Waals surface area contributed by atoms with Gasteiger partial charge in [0.1, 0.15) is 17.7 Å². The van der Waals surface area contributed by atoms with Crippen LogP contribution in [0.2, 0.25) is 0 Å².